The molecule has 0 spiro atoms. The molecule has 2 unspecified atom stereocenters. The highest BCUT2D eigenvalue weighted by atomic mass is 17.2. The van der Waals surface area contributed by atoms with E-state index in [1.165, 1.54) is 0 Å². The van der Waals surface area contributed by atoms with Crippen molar-refractivity contribution >= 4 is 11.9 Å². The van der Waals surface area contributed by atoms with Crippen LogP contribution in [0.2, 0.25) is 0 Å². The largest absolute Gasteiger partial charge is 0.373 e. The molecule has 6 heteroatoms. The summed E-state index contributed by atoms with van der Waals surface area (Å²) >= 11 is 0. The molecule has 2 atom stereocenters. The van der Waals surface area contributed by atoms with Gasteiger partial charge in [-0.15, -0.1) is 0 Å². The van der Waals surface area contributed by atoms with Crippen LogP contribution < -0.4 is 0 Å². The Kier molecular flexibility index (Phi) is 7.69. The maximum absolute atomic E-state index is 12.4. The molecule has 0 heterocycles. The molecule has 1 saturated carbocycles. The molecular formula is C26H30O6. The normalized spacial score (nSPS) is 22.9. The number of benzene rings is 2. The van der Waals surface area contributed by atoms with Crippen molar-refractivity contribution in [2.24, 2.45) is 0 Å². The predicted molar refractivity (Wildman–Crippen MR) is 119 cm³/mol. The molecule has 170 valence electrons. The quantitative estimate of drug-likeness (QED) is 0.405. The van der Waals surface area contributed by atoms with Gasteiger partial charge in [0.15, 0.2) is 0 Å². The molecule has 2 aromatic rings. The summed E-state index contributed by atoms with van der Waals surface area (Å²) in [6.45, 7) is 12.2. The first-order valence-electron chi connectivity index (χ1n) is 11.0. The van der Waals surface area contributed by atoms with Gasteiger partial charge >= 0.3 is 11.9 Å². The van der Waals surface area contributed by atoms with E-state index >= 15 is 0 Å². The van der Waals surface area contributed by atoms with E-state index in [-0.39, 0.29) is 0 Å². The van der Waals surface area contributed by atoms with E-state index in [9.17, 15) is 9.59 Å². The Morgan fingerprint density at radius 1 is 0.719 bits per heavy atom. The summed E-state index contributed by atoms with van der Waals surface area (Å²) in [5, 5.41) is 0. The summed E-state index contributed by atoms with van der Waals surface area (Å²) < 4.78 is 0. The first-order valence-corrected chi connectivity index (χ1v) is 11.0. The lowest BCUT2D eigenvalue weighted by Crippen LogP contribution is -2.56. The van der Waals surface area contributed by atoms with Crippen molar-refractivity contribution in [3.63, 3.8) is 0 Å². The van der Waals surface area contributed by atoms with Crippen LogP contribution in [0.3, 0.4) is 0 Å². The summed E-state index contributed by atoms with van der Waals surface area (Å²) in [7, 11) is 0. The van der Waals surface area contributed by atoms with Gasteiger partial charge in [-0.1, -0.05) is 51.0 Å². The predicted octanol–water partition coefficient (Wildman–Crippen LogP) is 5.41. The summed E-state index contributed by atoms with van der Waals surface area (Å²) in [4.78, 5) is 46.0. The lowest BCUT2D eigenvalue weighted by Gasteiger charge is -2.44. The topological polar surface area (TPSA) is 71.1 Å². The zero-order chi connectivity index (χ0) is 23.2. The van der Waals surface area contributed by atoms with E-state index in [2.05, 4.69) is 13.8 Å². The fourth-order valence-corrected chi connectivity index (χ4v) is 3.60. The molecule has 2 aromatic carbocycles. The van der Waals surface area contributed by atoms with Crippen molar-refractivity contribution in [3.8, 4) is 0 Å². The van der Waals surface area contributed by atoms with Crippen LogP contribution in [0.15, 0.2) is 48.5 Å². The molecule has 6 nitrogen and oxygen atoms in total. The number of carbonyl (C=O) groups is 2. The number of hydrogen-bond donors (Lipinski definition) is 0. The van der Waals surface area contributed by atoms with Crippen molar-refractivity contribution in [1.29, 1.82) is 0 Å². The third kappa shape index (κ3) is 5.37. The van der Waals surface area contributed by atoms with E-state index < -0.39 is 23.1 Å². The second-order valence-electron chi connectivity index (χ2n) is 8.20. The fraction of sp³-hybridized carbons (Fsp3) is 0.385. The molecule has 2 radical (unpaired) electrons. The fourth-order valence-electron chi connectivity index (χ4n) is 3.60. The molecule has 3 rings (SSSR count). The van der Waals surface area contributed by atoms with Gasteiger partial charge in [0.2, 0.25) is 0 Å². The van der Waals surface area contributed by atoms with Crippen molar-refractivity contribution in [3.05, 3.63) is 84.6 Å². The van der Waals surface area contributed by atoms with Gasteiger partial charge in [0.05, 0.1) is 11.1 Å². The molecule has 0 bridgehead atoms. The maximum Gasteiger partial charge on any atom is 0.373 e. The van der Waals surface area contributed by atoms with Crippen LogP contribution in [0.4, 0.5) is 0 Å². The van der Waals surface area contributed by atoms with Crippen LogP contribution in [0, 0.1) is 13.8 Å². The maximum atomic E-state index is 12.4. The molecular weight excluding hydrogens is 408 g/mol. The third-order valence-corrected chi connectivity index (χ3v) is 5.99. The number of hydrogen-bond acceptors (Lipinski definition) is 6. The Morgan fingerprint density at radius 2 is 1.06 bits per heavy atom. The second kappa shape index (κ2) is 10.3. The lowest BCUT2D eigenvalue weighted by molar-refractivity contribution is -0.403. The third-order valence-electron chi connectivity index (χ3n) is 5.99. The Labute approximate surface area is 189 Å². The number of carbonyl (C=O) groups excluding carboxylic acids is 2. The molecule has 0 aromatic heterocycles. The van der Waals surface area contributed by atoms with Crippen LogP contribution in [0.1, 0.15) is 71.4 Å². The molecule has 0 amide bonds. The molecule has 1 aliphatic carbocycles. The van der Waals surface area contributed by atoms with Crippen molar-refractivity contribution in [2.45, 2.75) is 63.6 Å². The first kappa shape index (κ1) is 24.0. The van der Waals surface area contributed by atoms with E-state index in [0.717, 1.165) is 36.8 Å². The van der Waals surface area contributed by atoms with Crippen molar-refractivity contribution in [1.82, 2.24) is 0 Å². The van der Waals surface area contributed by atoms with Gasteiger partial charge in [-0.25, -0.2) is 9.59 Å². The number of aryl methyl sites for hydroxylation is 2. The van der Waals surface area contributed by atoms with Gasteiger partial charge in [0.25, 0.3) is 0 Å². The zero-order valence-corrected chi connectivity index (χ0v) is 18.7. The monoisotopic (exact) mass is 438 g/mol. The van der Waals surface area contributed by atoms with E-state index in [1.807, 2.05) is 38.1 Å². The summed E-state index contributed by atoms with van der Waals surface area (Å²) in [5.41, 5.74) is 0.269. The minimum Gasteiger partial charge on any atom is -0.292 e. The smallest absolute Gasteiger partial charge is 0.292 e. The second-order valence-corrected chi connectivity index (χ2v) is 8.20. The first-order chi connectivity index (χ1) is 15.3. The van der Waals surface area contributed by atoms with Gasteiger partial charge in [-0.3, -0.25) is 9.78 Å². The average Bonchev–Trinajstić information content (AvgIpc) is 2.83. The molecule has 1 aliphatic rings. The summed E-state index contributed by atoms with van der Waals surface area (Å²) in [6.07, 6.45) is 4.13. The highest BCUT2D eigenvalue weighted by Gasteiger charge is 2.53. The van der Waals surface area contributed by atoms with E-state index in [1.54, 1.807) is 24.3 Å². The minimum atomic E-state index is -1.34. The van der Waals surface area contributed by atoms with Gasteiger partial charge in [0, 0.05) is 0 Å². The molecule has 0 aliphatic heterocycles. The van der Waals surface area contributed by atoms with Gasteiger partial charge in [-0.05, 0) is 74.9 Å². The SMILES string of the molecule is [CH2]C1(OOC(=O)c2ccc(CC)cc2)CCCCC1([CH2])OOC(=O)c1ccc(CC)cc1. The van der Waals surface area contributed by atoms with Gasteiger partial charge in [0.1, 0.15) is 11.2 Å². The standard InChI is InChI=1S/C26H30O6/c1-5-19-9-13-21(14-10-19)23(27)29-31-25(3)17-7-8-18-26(25,4)32-30-24(28)22-15-11-20(6-2)12-16-22/h9-16H,3-8,17-18H2,1-2H3. The Morgan fingerprint density at radius 3 is 1.38 bits per heavy atom. The van der Waals surface area contributed by atoms with Crippen molar-refractivity contribution in [2.75, 3.05) is 0 Å². The molecule has 32 heavy (non-hydrogen) atoms. The van der Waals surface area contributed by atoms with Crippen LogP contribution in [-0.2, 0) is 32.4 Å². The van der Waals surface area contributed by atoms with Crippen LogP contribution >= 0.6 is 0 Å². The zero-order valence-electron chi connectivity index (χ0n) is 18.7. The summed E-state index contributed by atoms with van der Waals surface area (Å²) in [6, 6.07) is 14.2. The Balaban J connectivity index is 1.64. The van der Waals surface area contributed by atoms with Gasteiger partial charge < -0.3 is 0 Å². The van der Waals surface area contributed by atoms with Gasteiger partial charge in [-0.2, -0.15) is 9.78 Å². The average molecular weight is 439 g/mol. The van der Waals surface area contributed by atoms with E-state index in [4.69, 9.17) is 19.6 Å². The molecule has 0 saturated heterocycles. The highest BCUT2D eigenvalue weighted by Crippen LogP contribution is 2.42. The van der Waals surface area contributed by atoms with Crippen LogP contribution in [-0.4, -0.2) is 23.1 Å². The van der Waals surface area contributed by atoms with Crippen LogP contribution in [0.25, 0.3) is 0 Å². The van der Waals surface area contributed by atoms with E-state index in [0.29, 0.717) is 24.0 Å². The molecule has 1 fully saturated rings. The lowest BCUT2D eigenvalue weighted by atomic mass is 9.74. The Hall–Kier alpha value is -2.70. The minimum absolute atomic E-state index is 0.360. The van der Waals surface area contributed by atoms with Crippen molar-refractivity contribution < 1.29 is 29.1 Å². The number of rotatable bonds is 8. The molecule has 0 N–H and O–H groups in total. The summed E-state index contributed by atoms with van der Waals surface area (Å²) in [5.74, 6) is -1.28. The highest BCUT2D eigenvalue weighted by molar-refractivity contribution is 5.89. The van der Waals surface area contributed by atoms with Crippen LogP contribution in [0.5, 0.6) is 0 Å². The Bertz CT molecular complexity index is 843.